The number of alkyl halides is 3. The standard InChI is InChI=1S/C17H21F4N5O5.C7H12N2.C7H12/c1-9(15(29)24-7-17(19,20)21)10-4-11(18)13(25-14(28)6-23-8-27)5-12(10)26-16(30)31-3-2-22;1-6(2)9-7(3)4-5-8-9;1-2-6(1)5-7-3-4-7/h4-5,8-9H,2-3,6-7,22H2,1H3,(H,23,27)(H,24,29)(H,25,28)(H,26,30);4-6H,1-3H3;6-7H,1-5H2. The number of benzene rings is 1. The minimum absolute atomic E-state index is 0.00495. The Morgan fingerprint density at radius 3 is 2.19 bits per heavy atom. The van der Waals surface area contributed by atoms with Crippen LogP contribution >= 0.6 is 0 Å². The number of rotatable bonds is 13. The Morgan fingerprint density at radius 1 is 1.09 bits per heavy atom. The number of nitrogens with zero attached hydrogens (tertiary/aromatic N) is 2. The lowest BCUT2D eigenvalue weighted by Crippen LogP contribution is -2.36. The summed E-state index contributed by atoms with van der Waals surface area (Å²) in [6.07, 6.45) is 4.19. The number of nitrogens with one attached hydrogen (secondary N) is 4. The highest BCUT2D eigenvalue weighted by Crippen LogP contribution is 2.43. The van der Waals surface area contributed by atoms with Gasteiger partial charge in [-0.2, -0.15) is 18.3 Å². The van der Waals surface area contributed by atoms with Gasteiger partial charge < -0.3 is 26.4 Å². The fraction of sp³-hybridized carbons (Fsp3) is 0.581. The Kier molecular flexibility index (Phi) is 15.6. The average Bonchev–Trinajstić information content (AvgIpc) is 3.95. The van der Waals surface area contributed by atoms with Gasteiger partial charge in [-0.15, -0.1) is 0 Å². The van der Waals surface area contributed by atoms with E-state index in [-0.39, 0.29) is 30.8 Å². The SMILES string of the molecule is C1CC1CC1CC1.CC(C(=O)NCC(F)(F)F)c1cc(F)c(NC(=O)CNC=O)cc1NC(=O)OCCN.Cc1ccnn1C(C)C. The second-order valence-electron chi connectivity index (χ2n) is 11.7. The van der Waals surface area contributed by atoms with Crippen LogP contribution in [0.1, 0.15) is 76.1 Å². The quantitative estimate of drug-likeness (QED) is 0.151. The summed E-state index contributed by atoms with van der Waals surface area (Å²) in [5, 5.41) is 12.2. The molecule has 4 amide bonds. The van der Waals surface area contributed by atoms with Crippen LogP contribution in [0.5, 0.6) is 0 Å². The van der Waals surface area contributed by atoms with Gasteiger partial charge in [0.25, 0.3) is 0 Å². The van der Waals surface area contributed by atoms with E-state index in [1.54, 1.807) is 37.4 Å². The molecule has 0 spiro atoms. The van der Waals surface area contributed by atoms with Gasteiger partial charge >= 0.3 is 12.3 Å². The molecule has 0 saturated heterocycles. The Hall–Kier alpha value is -4.21. The molecule has 47 heavy (non-hydrogen) atoms. The number of amides is 4. The van der Waals surface area contributed by atoms with Crippen LogP contribution < -0.4 is 27.0 Å². The van der Waals surface area contributed by atoms with Gasteiger partial charge in [-0.1, -0.05) is 25.7 Å². The first-order chi connectivity index (χ1) is 22.1. The highest BCUT2D eigenvalue weighted by Gasteiger charge is 2.31. The second-order valence-corrected chi connectivity index (χ2v) is 11.7. The number of hydrogen-bond donors (Lipinski definition) is 5. The van der Waals surface area contributed by atoms with Crippen LogP contribution in [0.25, 0.3) is 0 Å². The first-order valence-corrected chi connectivity index (χ1v) is 15.4. The molecule has 0 aliphatic heterocycles. The van der Waals surface area contributed by atoms with Gasteiger partial charge in [0, 0.05) is 24.5 Å². The normalized spacial score (nSPS) is 14.4. The summed E-state index contributed by atoms with van der Waals surface area (Å²) in [5.41, 5.74) is 5.65. The van der Waals surface area contributed by atoms with Crippen LogP contribution in [0.3, 0.4) is 0 Å². The molecule has 2 saturated carbocycles. The van der Waals surface area contributed by atoms with E-state index in [2.05, 4.69) is 41.8 Å². The molecule has 0 radical (unpaired) electrons. The molecule has 1 aromatic carbocycles. The highest BCUT2D eigenvalue weighted by molar-refractivity contribution is 5.96. The van der Waals surface area contributed by atoms with Gasteiger partial charge in [-0.3, -0.25) is 24.4 Å². The van der Waals surface area contributed by atoms with E-state index in [1.807, 2.05) is 16.9 Å². The van der Waals surface area contributed by atoms with Gasteiger partial charge in [0.2, 0.25) is 18.2 Å². The van der Waals surface area contributed by atoms with Crippen molar-refractivity contribution in [3.8, 4) is 0 Å². The number of carbonyl (C=O) groups excluding carboxylic acids is 4. The maximum absolute atomic E-state index is 14.5. The van der Waals surface area contributed by atoms with Crippen LogP contribution in [0.15, 0.2) is 24.4 Å². The predicted molar refractivity (Wildman–Crippen MR) is 168 cm³/mol. The zero-order valence-corrected chi connectivity index (χ0v) is 27.1. The first-order valence-electron chi connectivity index (χ1n) is 15.4. The molecule has 16 heteroatoms. The number of aromatic nitrogens is 2. The third-order valence-electron chi connectivity index (χ3n) is 7.09. The third-order valence-corrected chi connectivity index (χ3v) is 7.09. The Labute approximate surface area is 271 Å². The molecule has 6 N–H and O–H groups in total. The molecule has 1 atom stereocenters. The van der Waals surface area contributed by atoms with Crippen molar-refractivity contribution >= 4 is 35.7 Å². The van der Waals surface area contributed by atoms with Crippen LogP contribution in [-0.4, -0.2) is 66.5 Å². The number of hydrogen-bond acceptors (Lipinski definition) is 7. The Morgan fingerprint density at radius 2 is 1.72 bits per heavy atom. The summed E-state index contributed by atoms with van der Waals surface area (Å²) in [6.45, 7) is 5.28. The van der Waals surface area contributed by atoms with E-state index in [1.165, 1.54) is 24.5 Å². The highest BCUT2D eigenvalue weighted by atomic mass is 19.4. The monoisotopic (exact) mass is 671 g/mol. The fourth-order valence-electron chi connectivity index (χ4n) is 4.36. The van der Waals surface area contributed by atoms with Gasteiger partial charge in [-0.05, 0) is 69.7 Å². The van der Waals surface area contributed by atoms with Crippen molar-refractivity contribution in [3.05, 3.63) is 41.5 Å². The van der Waals surface area contributed by atoms with Gasteiger partial charge in [0.15, 0.2) is 0 Å². The zero-order chi connectivity index (χ0) is 35.1. The molecule has 1 heterocycles. The molecule has 12 nitrogen and oxygen atoms in total. The fourth-order valence-corrected chi connectivity index (χ4v) is 4.36. The molecule has 2 aliphatic carbocycles. The lowest BCUT2D eigenvalue weighted by Gasteiger charge is -2.19. The number of halogens is 4. The van der Waals surface area contributed by atoms with E-state index in [9.17, 15) is 36.7 Å². The Balaban J connectivity index is 0.000000380. The van der Waals surface area contributed by atoms with Crippen molar-refractivity contribution in [2.24, 2.45) is 17.6 Å². The minimum atomic E-state index is -4.66. The van der Waals surface area contributed by atoms with Crippen molar-refractivity contribution in [2.75, 3.05) is 36.9 Å². The molecular weight excluding hydrogens is 626 g/mol. The van der Waals surface area contributed by atoms with Gasteiger partial charge in [-0.25, -0.2) is 9.18 Å². The maximum Gasteiger partial charge on any atom is 0.411 e. The Bertz CT molecular complexity index is 1320. The van der Waals surface area contributed by atoms with E-state index in [4.69, 9.17) is 10.5 Å². The smallest absolute Gasteiger partial charge is 0.411 e. The molecule has 262 valence electrons. The zero-order valence-electron chi connectivity index (χ0n) is 27.1. The van der Waals surface area contributed by atoms with Crippen molar-refractivity contribution in [2.45, 2.75) is 77.9 Å². The van der Waals surface area contributed by atoms with Gasteiger partial charge in [0.05, 0.1) is 23.8 Å². The number of aryl methyl sites for hydroxylation is 1. The van der Waals surface area contributed by atoms with Crippen molar-refractivity contribution < 1.29 is 41.5 Å². The predicted octanol–water partition coefficient (Wildman–Crippen LogP) is 4.77. The van der Waals surface area contributed by atoms with E-state index >= 15 is 0 Å². The summed E-state index contributed by atoms with van der Waals surface area (Å²) in [6, 6.07) is 4.24. The summed E-state index contributed by atoms with van der Waals surface area (Å²) in [5.74, 6) is -1.86. The van der Waals surface area contributed by atoms with Crippen molar-refractivity contribution in [1.29, 1.82) is 0 Å². The van der Waals surface area contributed by atoms with E-state index in [0.717, 1.165) is 12.1 Å². The minimum Gasteiger partial charge on any atom is -0.448 e. The molecule has 0 bridgehead atoms. The number of nitrogens with two attached hydrogens (primary N) is 1. The molecule has 1 unspecified atom stereocenters. The molecule has 4 rings (SSSR count). The van der Waals surface area contributed by atoms with Crippen LogP contribution in [0, 0.1) is 24.6 Å². The summed E-state index contributed by atoms with van der Waals surface area (Å²) in [7, 11) is 0. The summed E-state index contributed by atoms with van der Waals surface area (Å²) < 4.78 is 58.3. The lowest BCUT2D eigenvalue weighted by molar-refractivity contribution is -0.139. The number of ether oxygens (including phenoxy) is 1. The van der Waals surface area contributed by atoms with Crippen molar-refractivity contribution in [3.63, 3.8) is 0 Å². The number of anilines is 2. The van der Waals surface area contributed by atoms with Crippen molar-refractivity contribution in [1.82, 2.24) is 20.4 Å². The average molecular weight is 672 g/mol. The number of carbonyl (C=O) groups is 4. The molecule has 2 aromatic rings. The lowest BCUT2D eigenvalue weighted by atomic mass is 9.97. The largest absolute Gasteiger partial charge is 0.448 e. The molecule has 2 fully saturated rings. The van der Waals surface area contributed by atoms with E-state index < -0.39 is 54.6 Å². The van der Waals surface area contributed by atoms with Crippen LogP contribution in [0.4, 0.5) is 33.7 Å². The summed E-state index contributed by atoms with van der Waals surface area (Å²) in [4.78, 5) is 45.9. The molecule has 2 aliphatic rings. The van der Waals surface area contributed by atoms with Crippen LogP contribution in [-0.2, 0) is 19.1 Å². The molecule has 1 aromatic heterocycles. The van der Waals surface area contributed by atoms with Gasteiger partial charge in [0.1, 0.15) is 19.0 Å². The topological polar surface area (TPSA) is 169 Å². The second kappa shape index (κ2) is 18.8. The summed E-state index contributed by atoms with van der Waals surface area (Å²) >= 11 is 0. The third kappa shape index (κ3) is 15.3. The first kappa shape index (κ1) is 39.0. The van der Waals surface area contributed by atoms with E-state index in [0.29, 0.717) is 6.04 Å². The maximum atomic E-state index is 14.5. The van der Waals surface area contributed by atoms with Crippen LogP contribution in [0.2, 0.25) is 0 Å². The molecular formula is C31H45F4N7O5.